The molecule has 1 saturated heterocycles. The fourth-order valence-electron chi connectivity index (χ4n) is 3.03. The molecule has 2 aromatic carbocycles. The Morgan fingerprint density at radius 2 is 1.92 bits per heavy atom. The number of carbonyl (C=O) groups is 1. The Kier molecular flexibility index (Phi) is 5.67. The highest BCUT2D eigenvalue weighted by Gasteiger charge is 2.13. The SMILES string of the molecule is NC(=O)c1ccc2ccccc2c1OCCCCN1CCOCC1. The van der Waals surface area contributed by atoms with Crippen LogP contribution in [0, 0.1) is 0 Å². The highest BCUT2D eigenvalue weighted by atomic mass is 16.5. The van der Waals surface area contributed by atoms with Gasteiger partial charge in [0.1, 0.15) is 5.75 Å². The molecule has 0 aliphatic carbocycles. The third-order valence-electron chi connectivity index (χ3n) is 4.36. The lowest BCUT2D eigenvalue weighted by Gasteiger charge is -2.26. The van der Waals surface area contributed by atoms with Crippen molar-refractivity contribution in [2.45, 2.75) is 12.8 Å². The number of morpholine rings is 1. The van der Waals surface area contributed by atoms with Crippen molar-refractivity contribution in [1.82, 2.24) is 4.90 Å². The van der Waals surface area contributed by atoms with Gasteiger partial charge in [-0.15, -0.1) is 0 Å². The molecule has 128 valence electrons. The van der Waals surface area contributed by atoms with Crippen LogP contribution in [0.4, 0.5) is 0 Å². The predicted molar refractivity (Wildman–Crippen MR) is 94.5 cm³/mol. The minimum atomic E-state index is -0.455. The van der Waals surface area contributed by atoms with Crippen LogP contribution >= 0.6 is 0 Å². The lowest BCUT2D eigenvalue weighted by molar-refractivity contribution is 0.0368. The molecule has 5 heteroatoms. The number of unbranched alkanes of at least 4 members (excludes halogenated alkanes) is 1. The van der Waals surface area contributed by atoms with Gasteiger partial charge in [0, 0.05) is 18.5 Å². The molecule has 1 fully saturated rings. The molecule has 0 spiro atoms. The summed E-state index contributed by atoms with van der Waals surface area (Å²) in [6.07, 6.45) is 2.01. The fourth-order valence-corrected chi connectivity index (χ4v) is 3.03. The predicted octanol–water partition coefficient (Wildman–Crippen LogP) is 2.43. The second kappa shape index (κ2) is 8.13. The van der Waals surface area contributed by atoms with Crippen LogP contribution in [0.1, 0.15) is 23.2 Å². The van der Waals surface area contributed by atoms with Gasteiger partial charge in [-0.05, 0) is 30.8 Å². The number of amides is 1. The molecular weight excluding hydrogens is 304 g/mol. The van der Waals surface area contributed by atoms with E-state index in [-0.39, 0.29) is 0 Å². The van der Waals surface area contributed by atoms with E-state index in [9.17, 15) is 4.79 Å². The first-order valence-electron chi connectivity index (χ1n) is 8.50. The Morgan fingerprint density at radius 3 is 2.71 bits per heavy atom. The number of nitrogens with two attached hydrogens (primary N) is 1. The van der Waals surface area contributed by atoms with Crippen LogP contribution in [-0.4, -0.2) is 50.3 Å². The summed E-state index contributed by atoms with van der Waals surface area (Å²) >= 11 is 0. The number of benzene rings is 2. The molecule has 0 bridgehead atoms. The topological polar surface area (TPSA) is 64.8 Å². The van der Waals surface area contributed by atoms with E-state index >= 15 is 0 Å². The zero-order valence-electron chi connectivity index (χ0n) is 13.9. The Hall–Kier alpha value is -2.11. The van der Waals surface area contributed by atoms with Crippen molar-refractivity contribution in [3.63, 3.8) is 0 Å². The Morgan fingerprint density at radius 1 is 1.12 bits per heavy atom. The normalized spacial score (nSPS) is 15.5. The number of nitrogens with zero attached hydrogens (tertiary/aromatic N) is 1. The third-order valence-corrected chi connectivity index (χ3v) is 4.36. The lowest BCUT2D eigenvalue weighted by Crippen LogP contribution is -2.36. The highest BCUT2D eigenvalue weighted by Crippen LogP contribution is 2.29. The van der Waals surface area contributed by atoms with Crippen LogP contribution in [0.2, 0.25) is 0 Å². The van der Waals surface area contributed by atoms with Crippen molar-refractivity contribution in [3.8, 4) is 5.75 Å². The smallest absolute Gasteiger partial charge is 0.252 e. The fraction of sp³-hybridized carbons (Fsp3) is 0.421. The molecule has 1 heterocycles. The summed E-state index contributed by atoms with van der Waals surface area (Å²) in [6.45, 7) is 5.32. The molecule has 2 N–H and O–H groups in total. The van der Waals surface area contributed by atoms with E-state index in [0.717, 1.165) is 56.5 Å². The molecule has 0 radical (unpaired) electrons. The summed E-state index contributed by atoms with van der Waals surface area (Å²) in [4.78, 5) is 14.1. The quantitative estimate of drug-likeness (QED) is 0.793. The molecule has 1 aliphatic rings. The van der Waals surface area contributed by atoms with E-state index in [1.165, 1.54) is 0 Å². The van der Waals surface area contributed by atoms with Gasteiger partial charge in [0.15, 0.2) is 0 Å². The van der Waals surface area contributed by atoms with Crippen molar-refractivity contribution in [2.75, 3.05) is 39.5 Å². The summed E-state index contributed by atoms with van der Waals surface area (Å²) in [7, 11) is 0. The molecule has 3 rings (SSSR count). The number of carbonyl (C=O) groups excluding carboxylic acids is 1. The van der Waals surface area contributed by atoms with E-state index < -0.39 is 5.91 Å². The van der Waals surface area contributed by atoms with E-state index in [0.29, 0.717) is 17.9 Å². The van der Waals surface area contributed by atoms with Crippen LogP contribution < -0.4 is 10.5 Å². The maximum absolute atomic E-state index is 11.7. The molecule has 5 nitrogen and oxygen atoms in total. The average Bonchev–Trinajstić information content (AvgIpc) is 2.62. The largest absolute Gasteiger partial charge is 0.492 e. The summed E-state index contributed by atoms with van der Waals surface area (Å²) in [5, 5.41) is 1.98. The molecular formula is C19H24N2O3. The van der Waals surface area contributed by atoms with Crippen LogP contribution in [0.15, 0.2) is 36.4 Å². The van der Waals surface area contributed by atoms with Gasteiger partial charge in [-0.1, -0.05) is 30.3 Å². The molecule has 1 amide bonds. The minimum absolute atomic E-state index is 0.446. The van der Waals surface area contributed by atoms with Crippen LogP contribution in [0.25, 0.3) is 10.8 Å². The van der Waals surface area contributed by atoms with Gasteiger partial charge < -0.3 is 15.2 Å². The van der Waals surface area contributed by atoms with Crippen LogP contribution in [0.3, 0.4) is 0 Å². The number of rotatable bonds is 7. The maximum atomic E-state index is 11.7. The standard InChI is InChI=1S/C19H24N2O3/c20-19(22)17-8-7-15-5-1-2-6-16(15)18(17)24-12-4-3-9-21-10-13-23-14-11-21/h1-2,5-8H,3-4,9-14H2,(H2,20,22). The van der Waals surface area contributed by atoms with Gasteiger partial charge in [0.2, 0.25) is 0 Å². The van der Waals surface area contributed by atoms with Crippen molar-refractivity contribution in [1.29, 1.82) is 0 Å². The third kappa shape index (κ3) is 4.04. The molecule has 0 aromatic heterocycles. The Labute approximate surface area is 142 Å². The lowest BCUT2D eigenvalue weighted by atomic mass is 10.0. The van der Waals surface area contributed by atoms with Gasteiger partial charge in [-0.3, -0.25) is 9.69 Å². The first kappa shape index (κ1) is 16.7. The Bertz CT molecular complexity index is 696. The van der Waals surface area contributed by atoms with Gasteiger partial charge in [0.05, 0.1) is 25.4 Å². The second-order valence-corrected chi connectivity index (χ2v) is 6.04. The van der Waals surface area contributed by atoms with Crippen LogP contribution in [-0.2, 0) is 4.74 Å². The number of primary amides is 1. The summed E-state index contributed by atoms with van der Waals surface area (Å²) in [5.41, 5.74) is 5.94. The summed E-state index contributed by atoms with van der Waals surface area (Å²) in [6, 6.07) is 11.5. The molecule has 0 saturated carbocycles. The number of ether oxygens (including phenoxy) is 2. The molecule has 0 atom stereocenters. The van der Waals surface area contributed by atoms with E-state index in [4.69, 9.17) is 15.2 Å². The molecule has 24 heavy (non-hydrogen) atoms. The number of hydrogen-bond donors (Lipinski definition) is 1. The van der Waals surface area contributed by atoms with Gasteiger partial charge in [0.25, 0.3) is 5.91 Å². The first-order valence-corrected chi connectivity index (χ1v) is 8.50. The monoisotopic (exact) mass is 328 g/mol. The zero-order valence-corrected chi connectivity index (χ0v) is 13.9. The molecule has 0 unspecified atom stereocenters. The average molecular weight is 328 g/mol. The van der Waals surface area contributed by atoms with Crippen molar-refractivity contribution in [3.05, 3.63) is 42.0 Å². The second-order valence-electron chi connectivity index (χ2n) is 6.04. The highest BCUT2D eigenvalue weighted by molar-refractivity contribution is 6.03. The minimum Gasteiger partial charge on any atom is -0.492 e. The maximum Gasteiger partial charge on any atom is 0.252 e. The van der Waals surface area contributed by atoms with Crippen molar-refractivity contribution in [2.24, 2.45) is 5.73 Å². The van der Waals surface area contributed by atoms with E-state index in [1.54, 1.807) is 6.07 Å². The molecule has 1 aliphatic heterocycles. The van der Waals surface area contributed by atoms with Crippen LogP contribution in [0.5, 0.6) is 5.75 Å². The van der Waals surface area contributed by atoms with Crippen molar-refractivity contribution >= 4 is 16.7 Å². The van der Waals surface area contributed by atoms with Crippen molar-refractivity contribution < 1.29 is 14.3 Å². The van der Waals surface area contributed by atoms with Gasteiger partial charge in [-0.2, -0.15) is 0 Å². The number of hydrogen-bond acceptors (Lipinski definition) is 4. The summed E-state index contributed by atoms with van der Waals surface area (Å²) < 4.78 is 11.3. The Balaban J connectivity index is 1.59. The summed E-state index contributed by atoms with van der Waals surface area (Å²) in [5.74, 6) is 0.149. The molecule has 2 aromatic rings. The van der Waals surface area contributed by atoms with E-state index in [2.05, 4.69) is 4.90 Å². The first-order chi connectivity index (χ1) is 11.8. The zero-order chi connectivity index (χ0) is 16.8. The van der Waals surface area contributed by atoms with Gasteiger partial charge >= 0.3 is 0 Å². The van der Waals surface area contributed by atoms with Gasteiger partial charge in [-0.25, -0.2) is 0 Å². The van der Waals surface area contributed by atoms with E-state index in [1.807, 2.05) is 30.3 Å². The number of fused-ring (bicyclic) bond motifs is 1.